The predicted molar refractivity (Wildman–Crippen MR) is 47.4 cm³/mol. The van der Waals surface area contributed by atoms with Crippen LogP contribution in [0.2, 0.25) is 0 Å². The average molecular weight is 161 g/mol. The number of rotatable bonds is 4. The lowest BCUT2D eigenvalue weighted by atomic mass is 10.2. The molecule has 1 rings (SSSR count). The van der Waals surface area contributed by atoms with Crippen molar-refractivity contribution in [3.63, 3.8) is 0 Å². The molecule has 0 atom stereocenters. The van der Waals surface area contributed by atoms with Crippen LogP contribution in [0, 0.1) is 0 Å². The van der Waals surface area contributed by atoms with Crippen molar-refractivity contribution in [2.24, 2.45) is 0 Å². The Morgan fingerprint density at radius 3 is 3.08 bits per heavy atom. The first-order valence-electron chi connectivity index (χ1n) is 4.03. The van der Waals surface area contributed by atoms with E-state index in [1.165, 1.54) is 6.08 Å². The quantitative estimate of drug-likeness (QED) is 0.497. The van der Waals surface area contributed by atoms with E-state index in [-0.39, 0.29) is 0 Å². The van der Waals surface area contributed by atoms with E-state index in [1.807, 2.05) is 18.2 Å². The summed E-state index contributed by atoms with van der Waals surface area (Å²) in [5.74, 6) is 1.76. The van der Waals surface area contributed by atoms with Crippen LogP contribution in [0.5, 0.6) is 0 Å². The van der Waals surface area contributed by atoms with E-state index in [9.17, 15) is 4.79 Å². The molecule has 0 unspecified atom stereocenters. The SMILES string of the molecule is O=C=CCCCc1ccccn1. The Labute approximate surface area is 71.9 Å². The molecule has 1 aromatic rings. The number of aryl methyl sites for hydroxylation is 1. The summed E-state index contributed by atoms with van der Waals surface area (Å²) in [5.41, 5.74) is 1.08. The number of hydrogen-bond donors (Lipinski definition) is 0. The molecule has 12 heavy (non-hydrogen) atoms. The molecule has 0 saturated carbocycles. The molecule has 62 valence electrons. The summed E-state index contributed by atoms with van der Waals surface area (Å²) < 4.78 is 0. The highest BCUT2D eigenvalue weighted by Gasteiger charge is 1.90. The van der Waals surface area contributed by atoms with Gasteiger partial charge in [0.2, 0.25) is 0 Å². The average Bonchev–Trinajstić information content (AvgIpc) is 2.14. The van der Waals surface area contributed by atoms with Crippen LogP contribution < -0.4 is 0 Å². The lowest BCUT2D eigenvalue weighted by Gasteiger charge is -1.95. The van der Waals surface area contributed by atoms with Crippen molar-refractivity contribution < 1.29 is 4.79 Å². The van der Waals surface area contributed by atoms with Crippen molar-refractivity contribution in [2.75, 3.05) is 0 Å². The summed E-state index contributed by atoms with van der Waals surface area (Å²) in [6.07, 6.45) is 5.99. The zero-order chi connectivity index (χ0) is 8.65. The monoisotopic (exact) mass is 161 g/mol. The van der Waals surface area contributed by atoms with Gasteiger partial charge in [-0.3, -0.25) is 4.98 Å². The molecule has 0 bridgehead atoms. The van der Waals surface area contributed by atoms with Crippen LogP contribution in [-0.4, -0.2) is 10.9 Å². The van der Waals surface area contributed by atoms with Gasteiger partial charge >= 0.3 is 0 Å². The van der Waals surface area contributed by atoms with Crippen molar-refractivity contribution >= 4 is 5.94 Å². The van der Waals surface area contributed by atoms with Crippen molar-refractivity contribution in [1.29, 1.82) is 0 Å². The van der Waals surface area contributed by atoms with E-state index in [1.54, 1.807) is 12.1 Å². The van der Waals surface area contributed by atoms with Crippen LogP contribution in [0.4, 0.5) is 0 Å². The molecule has 0 fully saturated rings. The van der Waals surface area contributed by atoms with Crippen molar-refractivity contribution in [3.05, 3.63) is 36.2 Å². The van der Waals surface area contributed by atoms with Gasteiger partial charge < -0.3 is 0 Å². The molecule has 0 aromatic carbocycles. The summed E-state index contributed by atoms with van der Waals surface area (Å²) in [4.78, 5) is 14.0. The molecule has 1 heterocycles. The molecular weight excluding hydrogens is 150 g/mol. The zero-order valence-electron chi connectivity index (χ0n) is 6.86. The number of carbonyl (C=O) groups excluding carboxylic acids is 1. The molecule has 0 amide bonds. The Balaban J connectivity index is 2.29. The minimum Gasteiger partial charge on any atom is -0.261 e. The Bertz CT molecular complexity index is 262. The number of aromatic nitrogens is 1. The standard InChI is InChI=1S/C10H11NO/c12-9-5-1-2-6-10-7-3-4-8-11-10/h3-5,7-8H,1-2,6H2. The Kier molecular flexibility index (Phi) is 3.82. The fraction of sp³-hybridized carbons (Fsp3) is 0.300. The van der Waals surface area contributed by atoms with Gasteiger partial charge in [0.1, 0.15) is 5.94 Å². The molecule has 0 saturated heterocycles. The molecule has 0 N–H and O–H groups in total. The zero-order valence-corrected chi connectivity index (χ0v) is 6.86. The Morgan fingerprint density at radius 2 is 2.42 bits per heavy atom. The number of unbranched alkanes of at least 4 members (excludes halogenated alkanes) is 1. The molecule has 0 aliphatic rings. The maximum absolute atomic E-state index is 9.82. The third-order valence-electron chi connectivity index (χ3n) is 1.59. The second kappa shape index (κ2) is 5.28. The van der Waals surface area contributed by atoms with E-state index in [0.717, 1.165) is 25.0 Å². The first kappa shape index (κ1) is 8.69. The first-order chi connectivity index (χ1) is 5.93. The van der Waals surface area contributed by atoms with Crippen LogP contribution in [0.25, 0.3) is 0 Å². The van der Waals surface area contributed by atoms with E-state index < -0.39 is 0 Å². The van der Waals surface area contributed by atoms with Crippen molar-refractivity contribution in [3.8, 4) is 0 Å². The van der Waals surface area contributed by atoms with Gasteiger partial charge in [0.05, 0.1) is 0 Å². The molecule has 0 aliphatic heterocycles. The number of nitrogens with zero attached hydrogens (tertiary/aromatic N) is 1. The van der Waals surface area contributed by atoms with Gasteiger partial charge in [-0.25, -0.2) is 4.79 Å². The lowest BCUT2D eigenvalue weighted by Crippen LogP contribution is -1.87. The van der Waals surface area contributed by atoms with Crippen LogP contribution in [-0.2, 0) is 11.2 Å². The maximum Gasteiger partial charge on any atom is 0.120 e. The van der Waals surface area contributed by atoms with E-state index in [0.29, 0.717) is 0 Å². The normalized spacial score (nSPS) is 9.00. The fourth-order valence-corrected chi connectivity index (χ4v) is 0.990. The topological polar surface area (TPSA) is 30.0 Å². The van der Waals surface area contributed by atoms with E-state index in [4.69, 9.17) is 0 Å². The molecule has 0 radical (unpaired) electrons. The van der Waals surface area contributed by atoms with Crippen LogP contribution in [0.15, 0.2) is 30.5 Å². The molecule has 2 heteroatoms. The molecular formula is C10H11NO. The summed E-state index contributed by atoms with van der Waals surface area (Å²) in [6.45, 7) is 0. The number of pyridine rings is 1. The van der Waals surface area contributed by atoms with Crippen LogP contribution in [0.3, 0.4) is 0 Å². The highest BCUT2D eigenvalue weighted by Crippen LogP contribution is 2.00. The molecule has 2 nitrogen and oxygen atoms in total. The van der Waals surface area contributed by atoms with Gasteiger partial charge in [-0.1, -0.05) is 6.07 Å². The van der Waals surface area contributed by atoms with Gasteiger partial charge in [-0.15, -0.1) is 0 Å². The second-order valence-electron chi connectivity index (χ2n) is 2.54. The van der Waals surface area contributed by atoms with E-state index >= 15 is 0 Å². The van der Waals surface area contributed by atoms with Crippen LogP contribution >= 0.6 is 0 Å². The summed E-state index contributed by atoms with van der Waals surface area (Å²) in [6, 6.07) is 5.86. The molecule has 0 aliphatic carbocycles. The predicted octanol–water partition coefficient (Wildman–Crippen LogP) is 1.79. The fourth-order valence-electron chi connectivity index (χ4n) is 0.990. The second-order valence-corrected chi connectivity index (χ2v) is 2.54. The minimum atomic E-state index is 0.792. The van der Waals surface area contributed by atoms with Crippen LogP contribution in [0.1, 0.15) is 18.5 Å². The highest BCUT2D eigenvalue weighted by molar-refractivity contribution is 5.44. The third kappa shape index (κ3) is 3.13. The number of hydrogen-bond acceptors (Lipinski definition) is 2. The van der Waals surface area contributed by atoms with E-state index in [2.05, 4.69) is 4.98 Å². The lowest BCUT2D eigenvalue weighted by molar-refractivity contribution is 0.567. The highest BCUT2D eigenvalue weighted by atomic mass is 16.1. The summed E-state index contributed by atoms with van der Waals surface area (Å²) >= 11 is 0. The number of allylic oxidation sites excluding steroid dienone is 1. The Morgan fingerprint density at radius 1 is 1.50 bits per heavy atom. The van der Waals surface area contributed by atoms with Crippen molar-refractivity contribution in [2.45, 2.75) is 19.3 Å². The molecule has 1 aromatic heterocycles. The van der Waals surface area contributed by atoms with Gasteiger partial charge in [-0.2, -0.15) is 0 Å². The van der Waals surface area contributed by atoms with Gasteiger partial charge in [0.15, 0.2) is 0 Å². The third-order valence-corrected chi connectivity index (χ3v) is 1.59. The summed E-state index contributed by atoms with van der Waals surface area (Å²) in [7, 11) is 0. The van der Waals surface area contributed by atoms with Crippen molar-refractivity contribution in [1.82, 2.24) is 4.98 Å². The smallest absolute Gasteiger partial charge is 0.120 e. The largest absolute Gasteiger partial charge is 0.261 e. The van der Waals surface area contributed by atoms with Gasteiger partial charge in [-0.05, 0) is 37.5 Å². The molecule has 0 spiro atoms. The van der Waals surface area contributed by atoms with Gasteiger partial charge in [0.25, 0.3) is 0 Å². The first-order valence-corrected chi connectivity index (χ1v) is 4.03. The van der Waals surface area contributed by atoms with Gasteiger partial charge in [0, 0.05) is 11.9 Å². The Hall–Kier alpha value is -1.40. The minimum absolute atomic E-state index is 0.792. The summed E-state index contributed by atoms with van der Waals surface area (Å²) in [5, 5.41) is 0. The maximum atomic E-state index is 9.82.